The highest BCUT2D eigenvalue weighted by Gasteiger charge is 2.30. The molecule has 124 valence electrons. The van der Waals surface area contributed by atoms with Crippen LogP contribution in [0.25, 0.3) is 6.08 Å². The monoisotopic (exact) mass is 334 g/mol. The Bertz CT molecular complexity index is 582. The molecule has 0 radical (unpaired) electrons. The molecule has 4 nitrogen and oxygen atoms in total. The third kappa shape index (κ3) is 4.14. The first kappa shape index (κ1) is 16.5. The fourth-order valence-corrected chi connectivity index (χ4v) is 3.63. The summed E-state index contributed by atoms with van der Waals surface area (Å²) in [5.74, 6) is 0.0461. The number of aliphatic hydroxyl groups excluding tert-OH is 1. The average molecular weight is 335 g/mol. The van der Waals surface area contributed by atoms with Crippen LogP contribution in [0.4, 0.5) is 0 Å². The number of β-amino-alcohol motifs (C(OH)–C–C–N with tert-alkyl or cyclic N) is 1. The third-order valence-electron chi connectivity index (χ3n) is 4.80. The van der Waals surface area contributed by atoms with Crippen LogP contribution in [-0.4, -0.2) is 59.1 Å². The van der Waals surface area contributed by atoms with Crippen molar-refractivity contribution in [1.82, 2.24) is 9.80 Å². The van der Waals surface area contributed by atoms with E-state index in [4.69, 9.17) is 11.6 Å². The first-order valence-electron chi connectivity index (χ1n) is 8.27. The second-order valence-corrected chi connectivity index (χ2v) is 6.76. The van der Waals surface area contributed by atoms with Gasteiger partial charge in [-0.3, -0.25) is 9.69 Å². The average Bonchev–Trinajstić information content (AvgIpc) is 3.00. The lowest BCUT2D eigenvalue weighted by Crippen LogP contribution is -2.45. The van der Waals surface area contributed by atoms with Gasteiger partial charge in [-0.2, -0.15) is 0 Å². The third-order valence-corrected chi connectivity index (χ3v) is 5.14. The summed E-state index contributed by atoms with van der Waals surface area (Å²) in [5.41, 5.74) is 0.864. The zero-order valence-corrected chi connectivity index (χ0v) is 14.0. The van der Waals surface area contributed by atoms with Gasteiger partial charge in [-0.15, -0.1) is 0 Å². The Balaban J connectivity index is 1.51. The molecule has 1 N–H and O–H groups in total. The van der Waals surface area contributed by atoms with E-state index in [1.165, 1.54) is 0 Å². The predicted octanol–water partition coefficient (Wildman–Crippen LogP) is 2.41. The van der Waals surface area contributed by atoms with E-state index in [0.29, 0.717) is 11.1 Å². The van der Waals surface area contributed by atoms with Crippen LogP contribution in [0.15, 0.2) is 30.3 Å². The number of likely N-dealkylation sites (tertiary alicyclic amines) is 2. The number of hydrogen-bond donors (Lipinski definition) is 1. The number of benzene rings is 1. The first-order chi connectivity index (χ1) is 11.1. The van der Waals surface area contributed by atoms with Crippen molar-refractivity contribution >= 4 is 23.6 Å². The van der Waals surface area contributed by atoms with Crippen molar-refractivity contribution in [3.05, 3.63) is 40.9 Å². The lowest BCUT2D eigenvalue weighted by Gasteiger charge is -2.36. The molecular formula is C18H23ClN2O2. The lowest BCUT2D eigenvalue weighted by molar-refractivity contribution is -0.127. The van der Waals surface area contributed by atoms with Crippen molar-refractivity contribution in [2.75, 3.05) is 26.2 Å². The van der Waals surface area contributed by atoms with Gasteiger partial charge >= 0.3 is 0 Å². The van der Waals surface area contributed by atoms with E-state index >= 15 is 0 Å². The van der Waals surface area contributed by atoms with Crippen molar-refractivity contribution in [2.45, 2.75) is 31.4 Å². The molecule has 1 amide bonds. The molecule has 0 spiro atoms. The maximum atomic E-state index is 12.3. The molecule has 2 aliphatic heterocycles. The van der Waals surface area contributed by atoms with Crippen molar-refractivity contribution < 1.29 is 9.90 Å². The maximum absolute atomic E-state index is 12.3. The molecule has 1 unspecified atom stereocenters. The molecule has 5 heteroatoms. The highest BCUT2D eigenvalue weighted by atomic mass is 35.5. The summed E-state index contributed by atoms with van der Waals surface area (Å²) in [6.45, 7) is 3.32. The summed E-state index contributed by atoms with van der Waals surface area (Å²) in [4.78, 5) is 16.6. The summed E-state index contributed by atoms with van der Waals surface area (Å²) in [6, 6.07) is 8.01. The van der Waals surface area contributed by atoms with E-state index in [1.807, 2.05) is 29.2 Å². The van der Waals surface area contributed by atoms with Gasteiger partial charge in [0, 0.05) is 43.3 Å². The van der Waals surface area contributed by atoms with Gasteiger partial charge in [0.2, 0.25) is 5.91 Å². The van der Waals surface area contributed by atoms with Crippen molar-refractivity contribution in [2.24, 2.45) is 0 Å². The van der Waals surface area contributed by atoms with Crippen molar-refractivity contribution in [3.63, 3.8) is 0 Å². The summed E-state index contributed by atoms with van der Waals surface area (Å²) in [5, 5.41) is 10.3. The standard InChI is InChI=1S/C18H23ClN2O2/c19-17-4-2-1-3-14(17)5-6-18(23)20-10-7-15(8-11-20)21-12-9-16(22)13-21/h1-6,15-16,22H,7-13H2. The van der Waals surface area contributed by atoms with Gasteiger partial charge in [-0.1, -0.05) is 29.8 Å². The topological polar surface area (TPSA) is 43.8 Å². The number of hydrogen-bond acceptors (Lipinski definition) is 3. The van der Waals surface area contributed by atoms with Gasteiger partial charge in [0.1, 0.15) is 0 Å². The minimum Gasteiger partial charge on any atom is -0.392 e. The summed E-state index contributed by atoms with van der Waals surface area (Å²) < 4.78 is 0. The van der Waals surface area contributed by atoms with E-state index in [0.717, 1.165) is 51.0 Å². The molecule has 2 fully saturated rings. The van der Waals surface area contributed by atoms with Gasteiger partial charge in [-0.05, 0) is 37.0 Å². The number of piperidine rings is 1. The molecule has 0 aromatic heterocycles. The highest BCUT2D eigenvalue weighted by molar-refractivity contribution is 6.32. The van der Waals surface area contributed by atoms with Gasteiger partial charge < -0.3 is 10.0 Å². The second kappa shape index (κ2) is 7.47. The van der Waals surface area contributed by atoms with Crippen LogP contribution in [0, 0.1) is 0 Å². The molecule has 3 rings (SSSR count). The van der Waals surface area contributed by atoms with Crippen LogP contribution in [-0.2, 0) is 4.79 Å². The zero-order chi connectivity index (χ0) is 16.2. The minimum absolute atomic E-state index is 0.0461. The van der Waals surface area contributed by atoms with Crippen LogP contribution in [0.3, 0.4) is 0 Å². The van der Waals surface area contributed by atoms with Crippen LogP contribution in [0.5, 0.6) is 0 Å². The minimum atomic E-state index is -0.173. The van der Waals surface area contributed by atoms with Crippen LogP contribution in [0.1, 0.15) is 24.8 Å². The van der Waals surface area contributed by atoms with Crippen molar-refractivity contribution in [1.29, 1.82) is 0 Å². The van der Waals surface area contributed by atoms with E-state index < -0.39 is 0 Å². The van der Waals surface area contributed by atoms with Crippen LogP contribution >= 0.6 is 11.6 Å². The fraction of sp³-hybridized carbons (Fsp3) is 0.500. The summed E-state index contributed by atoms with van der Waals surface area (Å²) in [7, 11) is 0. The SMILES string of the molecule is O=C(C=Cc1ccccc1Cl)N1CCC(N2CCC(O)C2)CC1. The molecule has 2 heterocycles. The number of amides is 1. The smallest absolute Gasteiger partial charge is 0.246 e. The molecule has 0 saturated carbocycles. The normalized spacial score (nSPS) is 23.7. The summed E-state index contributed by atoms with van der Waals surface area (Å²) >= 11 is 6.09. The maximum Gasteiger partial charge on any atom is 0.246 e. The Morgan fingerprint density at radius 1 is 1.17 bits per heavy atom. The van der Waals surface area contributed by atoms with Gasteiger partial charge in [-0.25, -0.2) is 0 Å². The Morgan fingerprint density at radius 3 is 2.57 bits per heavy atom. The molecule has 1 aromatic rings. The number of halogens is 1. The molecular weight excluding hydrogens is 312 g/mol. The molecule has 1 atom stereocenters. The molecule has 1 aromatic carbocycles. The fourth-order valence-electron chi connectivity index (χ4n) is 3.43. The lowest BCUT2D eigenvalue weighted by atomic mass is 10.0. The number of nitrogens with zero attached hydrogens (tertiary/aromatic N) is 2. The van der Waals surface area contributed by atoms with Crippen molar-refractivity contribution in [3.8, 4) is 0 Å². The number of carbonyl (C=O) groups excluding carboxylic acids is 1. The highest BCUT2D eigenvalue weighted by Crippen LogP contribution is 2.22. The quantitative estimate of drug-likeness (QED) is 0.863. The Morgan fingerprint density at radius 2 is 1.91 bits per heavy atom. The second-order valence-electron chi connectivity index (χ2n) is 6.35. The molecule has 2 saturated heterocycles. The summed E-state index contributed by atoms with van der Waals surface area (Å²) in [6.07, 6.45) is 6.07. The number of carbonyl (C=O) groups is 1. The Labute approximate surface area is 142 Å². The number of rotatable bonds is 3. The van der Waals surface area contributed by atoms with E-state index in [-0.39, 0.29) is 12.0 Å². The van der Waals surface area contributed by atoms with E-state index in [9.17, 15) is 9.90 Å². The Hall–Kier alpha value is -1.36. The van der Waals surface area contributed by atoms with Gasteiger partial charge in [0.15, 0.2) is 0 Å². The van der Waals surface area contributed by atoms with E-state index in [2.05, 4.69) is 4.90 Å². The van der Waals surface area contributed by atoms with Gasteiger partial charge in [0.05, 0.1) is 6.10 Å². The molecule has 23 heavy (non-hydrogen) atoms. The van der Waals surface area contributed by atoms with Crippen LogP contribution < -0.4 is 0 Å². The molecule has 0 aliphatic carbocycles. The largest absolute Gasteiger partial charge is 0.392 e. The first-order valence-corrected chi connectivity index (χ1v) is 8.65. The van der Waals surface area contributed by atoms with Gasteiger partial charge in [0.25, 0.3) is 0 Å². The predicted molar refractivity (Wildman–Crippen MR) is 92.3 cm³/mol. The zero-order valence-electron chi connectivity index (χ0n) is 13.2. The Kier molecular flexibility index (Phi) is 5.36. The number of aliphatic hydroxyl groups is 1. The molecule has 0 bridgehead atoms. The van der Waals surface area contributed by atoms with E-state index in [1.54, 1.807) is 12.2 Å². The van der Waals surface area contributed by atoms with Crippen LogP contribution in [0.2, 0.25) is 5.02 Å². The molecule has 2 aliphatic rings.